The van der Waals surface area contributed by atoms with Gasteiger partial charge in [-0.05, 0) is 43.2 Å². The molecule has 2 N–H and O–H groups in total. The van der Waals surface area contributed by atoms with Gasteiger partial charge in [-0.25, -0.2) is 0 Å². The number of aromatic amines is 1. The van der Waals surface area contributed by atoms with Crippen LogP contribution in [-0.4, -0.2) is 29.4 Å². The molecule has 0 spiro atoms. The van der Waals surface area contributed by atoms with Gasteiger partial charge in [0, 0.05) is 29.3 Å². The van der Waals surface area contributed by atoms with E-state index in [1.54, 1.807) is 18.2 Å². The molecular formula is C22H17F3N3O4-. The van der Waals surface area contributed by atoms with Crippen molar-refractivity contribution in [3.63, 3.8) is 0 Å². The van der Waals surface area contributed by atoms with Gasteiger partial charge in [0.2, 0.25) is 5.43 Å². The molecule has 1 fully saturated rings. The molecule has 1 aliphatic heterocycles. The van der Waals surface area contributed by atoms with Gasteiger partial charge in [-0.15, -0.1) is 0 Å². The molecule has 0 radical (unpaired) electrons. The summed E-state index contributed by atoms with van der Waals surface area (Å²) in [6.45, 7) is 0.272. The van der Waals surface area contributed by atoms with E-state index < -0.39 is 40.8 Å². The number of amides is 1. The van der Waals surface area contributed by atoms with E-state index in [0.717, 1.165) is 18.3 Å². The van der Waals surface area contributed by atoms with E-state index >= 15 is 0 Å². The van der Waals surface area contributed by atoms with Gasteiger partial charge in [0.1, 0.15) is 5.56 Å². The highest BCUT2D eigenvalue weighted by Gasteiger charge is 2.36. The maximum atomic E-state index is 13.7. The number of nitrogens with zero attached hydrogens (tertiary/aromatic N) is 1. The largest absolute Gasteiger partial charge is 0.548 e. The molecule has 32 heavy (non-hydrogen) atoms. The number of halogens is 3. The van der Waals surface area contributed by atoms with Gasteiger partial charge in [0.25, 0.3) is 5.91 Å². The van der Waals surface area contributed by atoms with Crippen molar-refractivity contribution in [1.82, 2.24) is 4.98 Å². The van der Waals surface area contributed by atoms with Gasteiger partial charge in [-0.2, -0.15) is 13.2 Å². The third kappa shape index (κ3) is 3.91. The number of aliphatic carboxylic acids is 1. The molecule has 0 saturated carbocycles. The van der Waals surface area contributed by atoms with Crippen LogP contribution in [0, 0.1) is 0 Å². The van der Waals surface area contributed by atoms with Gasteiger partial charge < -0.3 is 25.1 Å². The maximum absolute atomic E-state index is 13.7. The number of para-hydroxylation sites is 1. The fourth-order valence-corrected chi connectivity index (χ4v) is 3.90. The monoisotopic (exact) mass is 444 g/mol. The number of rotatable bonds is 4. The van der Waals surface area contributed by atoms with Gasteiger partial charge >= 0.3 is 6.18 Å². The number of pyridine rings is 1. The highest BCUT2D eigenvalue weighted by atomic mass is 19.4. The van der Waals surface area contributed by atoms with Crippen LogP contribution < -0.4 is 20.8 Å². The predicted octanol–water partition coefficient (Wildman–Crippen LogP) is 2.52. The van der Waals surface area contributed by atoms with Crippen molar-refractivity contribution in [3.8, 4) is 0 Å². The van der Waals surface area contributed by atoms with Crippen LogP contribution >= 0.6 is 0 Å². The molecule has 4 rings (SSSR count). The fraction of sp³-hybridized carbons (Fsp3) is 0.227. The summed E-state index contributed by atoms with van der Waals surface area (Å²) in [5.41, 5.74) is -2.09. The quantitative estimate of drug-likeness (QED) is 0.644. The SMILES string of the molecule is O=C(Nc1ccc(N2CCCC2C(=O)[O-])cc1C(F)(F)F)c1c[nH]c2ccccc2c1=O. The van der Waals surface area contributed by atoms with E-state index in [4.69, 9.17) is 0 Å². The number of carbonyl (C=O) groups is 2. The highest BCUT2D eigenvalue weighted by molar-refractivity contribution is 6.06. The van der Waals surface area contributed by atoms with Crippen LogP contribution in [0.3, 0.4) is 0 Å². The molecule has 10 heteroatoms. The highest BCUT2D eigenvalue weighted by Crippen LogP contribution is 2.38. The molecule has 1 aromatic heterocycles. The van der Waals surface area contributed by atoms with Crippen molar-refractivity contribution >= 4 is 34.2 Å². The zero-order chi connectivity index (χ0) is 23.0. The lowest BCUT2D eigenvalue weighted by Crippen LogP contribution is -2.44. The molecule has 1 saturated heterocycles. The Balaban J connectivity index is 1.69. The van der Waals surface area contributed by atoms with Crippen molar-refractivity contribution in [3.05, 3.63) is 70.0 Å². The lowest BCUT2D eigenvalue weighted by molar-refractivity contribution is -0.307. The Bertz CT molecular complexity index is 1270. The second-order valence-electron chi connectivity index (χ2n) is 7.43. The number of aromatic nitrogens is 1. The number of hydrogen-bond donors (Lipinski definition) is 2. The summed E-state index contributed by atoms with van der Waals surface area (Å²) >= 11 is 0. The maximum Gasteiger partial charge on any atom is 0.418 e. The molecule has 166 valence electrons. The summed E-state index contributed by atoms with van der Waals surface area (Å²) in [6.07, 6.45) is -2.91. The number of fused-ring (bicyclic) bond motifs is 1. The molecule has 1 unspecified atom stereocenters. The van der Waals surface area contributed by atoms with E-state index in [1.165, 1.54) is 17.0 Å². The second kappa shape index (κ2) is 8.03. The smallest absolute Gasteiger partial charge is 0.418 e. The summed E-state index contributed by atoms with van der Waals surface area (Å²) in [6, 6.07) is 8.57. The molecule has 1 atom stereocenters. The van der Waals surface area contributed by atoms with Gasteiger partial charge in [-0.3, -0.25) is 9.59 Å². The minimum absolute atomic E-state index is 0.0607. The van der Waals surface area contributed by atoms with Crippen molar-refractivity contribution in [2.45, 2.75) is 25.1 Å². The first kappa shape index (κ1) is 21.4. The third-order valence-electron chi connectivity index (χ3n) is 5.45. The van der Waals surface area contributed by atoms with Crippen LogP contribution in [0.5, 0.6) is 0 Å². The summed E-state index contributed by atoms with van der Waals surface area (Å²) < 4.78 is 41.2. The van der Waals surface area contributed by atoms with Crippen molar-refractivity contribution < 1.29 is 27.9 Å². The molecule has 2 aromatic carbocycles. The number of carboxylic acid groups (broad SMARTS) is 1. The molecule has 0 aliphatic carbocycles. The zero-order valence-corrected chi connectivity index (χ0v) is 16.5. The van der Waals surface area contributed by atoms with E-state index in [0.29, 0.717) is 11.9 Å². The summed E-state index contributed by atoms with van der Waals surface area (Å²) in [4.78, 5) is 40.7. The Kier molecular flexibility index (Phi) is 5.37. The fourth-order valence-electron chi connectivity index (χ4n) is 3.90. The second-order valence-corrected chi connectivity index (χ2v) is 7.43. The van der Waals surface area contributed by atoms with Gasteiger partial charge in [0.05, 0.1) is 23.3 Å². The lowest BCUT2D eigenvalue weighted by atomic mass is 10.1. The van der Waals surface area contributed by atoms with Crippen LogP contribution in [0.4, 0.5) is 24.5 Å². The molecular weight excluding hydrogens is 427 g/mol. The van der Waals surface area contributed by atoms with E-state index in [-0.39, 0.29) is 29.6 Å². The Morgan fingerprint density at radius 3 is 2.62 bits per heavy atom. The summed E-state index contributed by atoms with van der Waals surface area (Å²) in [5, 5.41) is 13.7. The van der Waals surface area contributed by atoms with Crippen LogP contribution in [0.2, 0.25) is 0 Å². The molecule has 1 amide bonds. The topological polar surface area (TPSA) is 105 Å². The molecule has 1 aliphatic rings. The average Bonchev–Trinajstić information content (AvgIpc) is 3.24. The van der Waals surface area contributed by atoms with Crippen LogP contribution in [0.15, 0.2) is 53.5 Å². The third-order valence-corrected chi connectivity index (χ3v) is 5.45. The number of carboxylic acids is 1. The van der Waals surface area contributed by atoms with Crippen molar-refractivity contribution in [2.75, 3.05) is 16.8 Å². The molecule has 0 bridgehead atoms. The van der Waals surface area contributed by atoms with Crippen molar-refractivity contribution in [2.24, 2.45) is 0 Å². The Morgan fingerprint density at radius 1 is 1.16 bits per heavy atom. The Labute approximate surface area is 179 Å². The number of nitrogens with one attached hydrogen (secondary N) is 2. The van der Waals surface area contributed by atoms with Crippen LogP contribution in [0.1, 0.15) is 28.8 Å². The van der Waals surface area contributed by atoms with Gasteiger partial charge in [0.15, 0.2) is 0 Å². The minimum Gasteiger partial charge on any atom is -0.548 e. The first-order valence-corrected chi connectivity index (χ1v) is 9.77. The Morgan fingerprint density at radius 2 is 1.91 bits per heavy atom. The van der Waals surface area contributed by atoms with Crippen LogP contribution in [0.25, 0.3) is 10.9 Å². The number of H-pyrrole nitrogens is 1. The summed E-state index contributed by atoms with van der Waals surface area (Å²) in [5.74, 6) is -2.35. The molecule has 3 aromatic rings. The molecule has 7 nitrogen and oxygen atoms in total. The van der Waals surface area contributed by atoms with Crippen molar-refractivity contribution in [1.29, 1.82) is 0 Å². The first-order chi connectivity index (χ1) is 15.2. The normalized spacial score (nSPS) is 16.3. The van der Waals surface area contributed by atoms with Gasteiger partial charge in [-0.1, -0.05) is 12.1 Å². The van der Waals surface area contributed by atoms with E-state index in [9.17, 15) is 32.7 Å². The minimum atomic E-state index is -4.83. The Hall–Kier alpha value is -3.82. The molecule has 2 heterocycles. The number of hydrogen-bond acceptors (Lipinski definition) is 5. The van der Waals surface area contributed by atoms with Crippen LogP contribution in [-0.2, 0) is 11.0 Å². The average molecular weight is 444 g/mol. The zero-order valence-electron chi connectivity index (χ0n) is 16.5. The predicted molar refractivity (Wildman–Crippen MR) is 109 cm³/mol. The standard InChI is InChI=1S/C22H18F3N3O4/c23-22(24,25)15-10-12(28-9-3-6-18(28)21(31)32)7-8-17(15)27-20(30)14-11-26-16-5-2-1-4-13(16)19(14)29/h1-2,4-5,7-8,10-11,18H,3,6,9H2,(H,26,29)(H,27,30)(H,31,32)/p-1. The number of anilines is 2. The first-order valence-electron chi connectivity index (χ1n) is 9.77. The summed E-state index contributed by atoms with van der Waals surface area (Å²) in [7, 11) is 0. The van der Waals surface area contributed by atoms with E-state index in [1.807, 2.05) is 0 Å². The van der Waals surface area contributed by atoms with E-state index in [2.05, 4.69) is 10.3 Å². The number of benzene rings is 2. The lowest BCUT2D eigenvalue weighted by Gasteiger charge is -2.28. The number of alkyl halides is 3. The number of carbonyl (C=O) groups excluding carboxylic acids is 2.